The molecule has 0 unspecified atom stereocenters. The summed E-state index contributed by atoms with van der Waals surface area (Å²) in [7, 11) is -3.80. The molecule has 1 fully saturated rings. The van der Waals surface area contributed by atoms with Crippen molar-refractivity contribution in [1.82, 2.24) is 15.1 Å². The molecule has 11 heteroatoms. The second-order valence-corrected chi connectivity index (χ2v) is 9.33. The largest absolute Gasteiger partial charge is 0.417 e. The topological polar surface area (TPSA) is 112 Å². The van der Waals surface area contributed by atoms with Gasteiger partial charge in [0.25, 0.3) is 0 Å². The third-order valence-corrected chi connectivity index (χ3v) is 6.40. The molecule has 0 radical (unpaired) electrons. The van der Waals surface area contributed by atoms with Crippen molar-refractivity contribution in [2.45, 2.75) is 36.8 Å². The molecule has 0 saturated heterocycles. The monoisotopic (exact) mass is 438 g/mol. The number of sulfonamides is 1. The van der Waals surface area contributed by atoms with Gasteiger partial charge in [0.15, 0.2) is 0 Å². The molecule has 0 spiro atoms. The molecular formula is C19H17F3N4O3S. The predicted molar refractivity (Wildman–Crippen MR) is 99.6 cm³/mol. The number of benzene rings is 1. The Morgan fingerprint density at radius 3 is 2.37 bits per heavy atom. The van der Waals surface area contributed by atoms with Crippen molar-refractivity contribution in [3.05, 3.63) is 59.7 Å². The van der Waals surface area contributed by atoms with E-state index in [2.05, 4.69) is 15.1 Å². The SMILES string of the molecule is CC1(C)[C@@H](c2ccc(S(N)(=O)=O)cc2)[C@@H]1c1nc(-c2cnccc2C(F)(F)F)no1. The van der Waals surface area contributed by atoms with Gasteiger partial charge in [-0.1, -0.05) is 31.1 Å². The Hall–Kier alpha value is -2.79. The summed E-state index contributed by atoms with van der Waals surface area (Å²) in [5, 5.41) is 8.86. The summed E-state index contributed by atoms with van der Waals surface area (Å²) in [6.45, 7) is 3.93. The van der Waals surface area contributed by atoms with Crippen LogP contribution >= 0.6 is 0 Å². The van der Waals surface area contributed by atoms with E-state index < -0.39 is 21.8 Å². The summed E-state index contributed by atoms with van der Waals surface area (Å²) in [6, 6.07) is 7.02. The zero-order valence-electron chi connectivity index (χ0n) is 15.9. The molecule has 2 N–H and O–H groups in total. The lowest BCUT2D eigenvalue weighted by atomic mass is 10.0. The van der Waals surface area contributed by atoms with Crippen LogP contribution in [0, 0.1) is 5.41 Å². The van der Waals surface area contributed by atoms with Gasteiger partial charge in [0.05, 0.1) is 21.9 Å². The van der Waals surface area contributed by atoms with E-state index in [0.717, 1.165) is 24.0 Å². The van der Waals surface area contributed by atoms with Gasteiger partial charge < -0.3 is 4.52 Å². The van der Waals surface area contributed by atoms with Crippen LogP contribution in [0.4, 0.5) is 13.2 Å². The fourth-order valence-corrected chi connectivity index (χ4v) is 4.39. The van der Waals surface area contributed by atoms with Gasteiger partial charge in [0.2, 0.25) is 21.7 Å². The first-order chi connectivity index (χ1) is 13.9. The second kappa shape index (κ2) is 6.61. The van der Waals surface area contributed by atoms with Crippen molar-refractivity contribution in [1.29, 1.82) is 0 Å². The molecule has 2 aromatic heterocycles. The first kappa shape index (κ1) is 20.5. The van der Waals surface area contributed by atoms with Gasteiger partial charge in [-0.25, -0.2) is 13.6 Å². The van der Waals surface area contributed by atoms with Gasteiger partial charge in [-0.2, -0.15) is 18.2 Å². The molecule has 2 heterocycles. The van der Waals surface area contributed by atoms with Crippen molar-refractivity contribution in [3.8, 4) is 11.4 Å². The normalized spacial score (nSPS) is 20.9. The zero-order chi connectivity index (χ0) is 21.9. The number of alkyl halides is 3. The lowest BCUT2D eigenvalue weighted by Crippen LogP contribution is -2.11. The van der Waals surface area contributed by atoms with E-state index in [4.69, 9.17) is 9.66 Å². The fraction of sp³-hybridized carbons (Fsp3) is 0.316. The average Bonchev–Trinajstić information content (AvgIpc) is 3.01. The number of pyridine rings is 1. The van der Waals surface area contributed by atoms with Crippen molar-refractivity contribution in [2.75, 3.05) is 0 Å². The minimum absolute atomic E-state index is 0.00223. The molecule has 3 aromatic rings. The molecule has 30 heavy (non-hydrogen) atoms. The molecule has 0 amide bonds. The smallest absolute Gasteiger partial charge is 0.339 e. The van der Waals surface area contributed by atoms with Gasteiger partial charge in [-0.05, 0) is 29.2 Å². The number of nitrogens with zero attached hydrogens (tertiary/aromatic N) is 3. The second-order valence-electron chi connectivity index (χ2n) is 7.77. The van der Waals surface area contributed by atoms with Gasteiger partial charge in [-0.3, -0.25) is 4.98 Å². The summed E-state index contributed by atoms with van der Waals surface area (Å²) >= 11 is 0. The maximum atomic E-state index is 13.3. The summed E-state index contributed by atoms with van der Waals surface area (Å²) < 4.78 is 68.0. The van der Waals surface area contributed by atoms with E-state index in [0.29, 0.717) is 0 Å². The number of primary sulfonamides is 1. The van der Waals surface area contributed by atoms with E-state index in [1.54, 1.807) is 12.1 Å². The average molecular weight is 438 g/mol. The van der Waals surface area contributed by atoms with E-state index >= 15 is 0 Å². The van der Waals surface area contributed by atoms with Crippen molar-refractivity contribution in [3.63, 3.8) is 0 Å². The number of nitrogens with two attached hydrogens (primary N) is 1. The van der Waals surface area contributed by atoms with E-state index in [1.165, 1.54) is 12.1 Å². The highest BCUT2D eigenvalue weighted by Crippen LogP contribution is 2.69. The molecule has 7 nitrogen and oxygen atoms in total. The highest BCUT2D eigenvalue weighted by molar-refractivity contribution is 7.89. The molecule has 0 aliphatic heterocycles. The Bertz CT molecular complexity index is 1200. The number of hydrogen-bond donors (Lipinski definition) is 1. The molecular weight excluding hydrogens is 421 g/mol. The summed E-state index contributed by atoms with van der Waals surface area (Å²) in [6.07, 6.45) is -2.47. The highest BCUT2D eigenvalue weighted by atomic mass is 32.2. The van der Waals surface area contributed by atoms with Crippen LogP contribution in [0.1, 0.15) is 42.7 Å². The molecule has 1 aliphatic carbocycles. The first-order valence-electron chi connectivity index (χ1n) is 8.88. The van der Waals surface area contributed by atoms with Crippen molar-refractivity contribution >= 4 is 10.0 Å². The standard InChI is InChI=1S/C19H17F3N4O3S/c1-18(2)14(10-3-5-11(6-4-10)30(23,27)28)15(18)17-25-16(26-29-17)12-9-24-8-7-13(12)19(20,21)22/h3-9,14-15H,1-2H3,(H2,23,27,28)/t14-,15+/m0/s1. The van der Waals surface area contributed by atoms with Crippen LogP contribution < -0.4 is 5.14 Å². The summed E-state index contributed by atoms with van der Waals surface area (Å²) in [5.41, 5.74) is -0.619. The highest BCUT2D eigenvalue weighted by Gasteiger charge is 2.62. The van der Waals surface area contributed by atoms with E-state index in [9.17, 15) is 21.6 Å². The number of aromatic nitrogens is 3. The fourth-order valence-electron chi connectivity index (χ4n) is 3.88. The quantitative estimate of drug-likeness (QED) is 0.665. The van der Waals surface area contributed by atoms with Gasteiger partial charge in [-0.15, -0.1) is 0 Å². The maximum Gasteiger partial charge on any atom is 0.417 e. The van der Waals surface area contributed by atoms with Gasteiger partial charge in [0.1, 0.15) is 0 Å². The van der Waals surface area contributed by atoms with Crippen LogP contribution in [-0.4, -0.2) is 23.5 Å². The van der Waals surface area contributed by atoms with Crippen LogP contribution in [0.25, 0.3) is 11.4 Å². The molecule has 158 valence electrons. The van der Waals surface area contributed by atoms with Crippen LogP contribution in [0.2, 0.25) is 0 Å². The third-order valence-electron chi connectivity index (χ3n) is 5.47. The first-order valence-corrected chi connectivity index (χ1v) is 10.4. The molecule has 1 aromatic carbocycles. The predicted octanol–water partition coefficient (Wildman–Crippen LogP) is 3.71. The van der Waals surface area contributed by atoms with E-state index in [-0.39, 0.29) is 39.4 Å². The Labute approximate surface area is 170 Å². The Kier molecular flexibility index (Phi) is 4.51. The van der Waals surface area contributed by atoms with Gasteiger partial charge in [0, 0.05) is 18.3 Å². The number of hydrogen-bond acceptors (Lipinski definition) is 6. The minimum Gasteiger partial charge on any atom is -0.339 e. The van der Waals surface area contributed by atoms with Crippen LogP contribution in [0.3, 0.4) is 0 Å². The van der Waals surface area contributed by atoms with Crippen LogP contribution in [0.15, 0.2) is 52.1 Å². The minimum atomic E-state index is -4.58. The van der Waals surface area contributed by atoms with Crippen LogP contribution in [-0.2, 0) is 16.2 Å². The number of rotatable bonds is 4. The summed E-state index contributed by atoms with van der Waals surface area (Å²) in [4.78, 5) is 7.95. The Morgan fingerprint density at radius 1 is 1.10 bits per heavy atom. The van der Waals surface area contributed by atoms with E-state index in [1.807, 2.05) is 13.8 Å². The number of halogens is 3. The molecule has 1 saturated carbocycles. The molecule has 4 rings (SSSR count). The molecule has 0 bridgehead atoms. The Morgan fingerprint density at radius 2 is 1.77 bits per heavy atom. The lowest BCUT2D eigenvalue weighted by Gasteiger charge is -2.08. The zero-order valence-corrected chi connectivity index (χ0v) is 16.7. The Balaban J connectivity index is 1.65. The molecule has 2 atom stereocenters. The maximum absolute atomic E-state index is 13.3. The van der Waals surface area contributed by atoms with Crippen molar-refractivity contribution < 1.29 is 26.1 Å². The molecule has 1 aliphatic rings. The summed E-state index contributed by atoms with van der Waals surface area (Å²) in [5.74, 6) is -0.273. The lowest BCUT2D eigenvalue weighted by molar-refractivity contribution is -0.137. The third kappa shape index (κ3) is 3.47. The van der Waals surface area contributed by atoms with Crippen molar-refractivity contribution in [2.24, 2.45) is 10.6 Å². The van der Waals surface area contributed by atoms with Gasteiger partial charge >= 0.3 is 6.18 Å². The van der Waals surface area contributed by atoms with Crippen LogP contribution in [0.5, 0.6) is 0 Å².